The van der Waals surface area contributed by atoms with Crippen LogP contribution in [0.15, 0.2) is 61.0 Å². The van der Waals surface area contributed by atoms with E-state index in [-0.39, 0.29) is 11.3 Å². The van der Waals surface area contributed by atoms with E-state index in [0.29, 0.717) is 5.39 Å². The lowest BCUT2D eigenvalue weighted by molar-refractivity contribution is 0.0694. The predicted molar refractivity (Wildman–Crippen MR) is 75.1 cm³/mol. The number of carboxylic acids is 1. The van der Waals surface area contributed by atoms with Crippen LogP contribution >= 0.6 is 0 Å². The number of benzene rings is 2. The van der Waals surface area contributed by atoms with E-state index in [0.717, 1.165) is 5.39 Å². The van der Waals surface area contributed by atoms with Crippen molar-refractivity contribution in [3.63, 3.8) is 0 Å². The van der Waals surface area contributed by atoms with Crippen molar-refractivity contribution in [2.75, 3.05) is 0 Å². The van der Waals surface area contributed by atoms with Gasteiger partial charge in [-0.3, -0.25) is 0 Å². The summed E-state index contributed by atoms with van der Waals surface area (Å²) in [5.74, 6) is -1.29. The van der Waals surface area contributed by atoms with Crippen molar-refractivity contribution in [1.82, 2.24) is 5.48 Å². The third-order valence-electron chi connectivity index (χ3n) is 2.62. The number of aromatic carboxylic acids is 1. The molecule has 0 aromatic heterocycles. The molecule has 0 fully saturated rings. The van der Waals surface area contributed by atoms with E-state index < -0.39 is 5.97 Å². The molecule has 0 atom stereocenters. The van der Waals surface area contributed by atoms with Crippen LogP contribution in [0.1, 0.15) is 10.4 Å². The molecule has 0 bridgehead atoms. The minimum absolute atomic E-state index is 0.0660. The van der Waals surface area contributed by atoms with Gasteiger partial charge in [-0.05, 0) is 23.6 Å². The molecular weight excluding hydrogens is 258 g/mol. The maximum atomic E-state index is 10.7. The van der Waals surface area contributed by atoms with E-state index in [9.17, 15) is 9.90 Å². The highest BCUT2D eigenvalue weighted by atomic mass is 16.6. The monoisotopic (exact) mass is 271 g/mol. The number of fused-ring (bicyclic) bond motifs is 1. The van der Waals surface area contributed by atoms with Crippen LogP contribution in [0.3, 0.4) is 0 Å². The fraction of sp³-hybridized carbons (Fsp3) is 0. The first-order valence-corrected chi connectivity index (χ1v) is 5.87. The summed E-state index contributed by atoms with van der Waals surface area (Å²) in [6, 6.07) is 10.2. The Morgan fingerprint density at radius 3 is 2.45 bits per heavy atom. The molecule has 2 aromatic carbocycles. The Kier molecular flexibility index (Phi) is 4.24. The van der Waals surface area contributed by atoms with Crippen molar-refractivity contribution in [1.29, 1.82) is 0 Å². The van der Waals surface area contributed by atoms with Crippen LogP contribution in [0.5, 0.6) is 5.75 Å². The Hall–Kier alpha value is -2.95. The summed E-state index contributed by atoms with van der Waals surface area (Å²) < 4.78 is 0. The second kappa shape index (κ2) is 6.29. The summed E-state index contributed by atoms with van der Waals surface area (Å²) in [4.78, 5) is 15.3. The Morgan fingerprint density at radius 2 is 1.90 bits per heavy atom. The molecule has 1 aliphatic rings. The second-order valence-corrected chi connectivity index (χ2v) is 3.91. The molecule has 3 rings (SSSR count). The lowest BCUT2D eigenvalue weighted by Gasteiger charge is -2.03. The fourth-order valence-electron chi connectivity index (χ4n) is 1.69. The largest absolute Gasteiger partial charge is 0.506 e. The van der Waals surface area contributed by atoms with Gasteiger partial charge >= 0.3 is 5.97 Å². The van der Waals surface area contributed by atoms with Gasteiger partial charge < -0.3 is 15.1 Å². The van der Waals surface area contributed by atoms with Gasteiger partial charge in [-0.1, -0.05) is 30.3 Å². The maximum absolute atomic E-state index is 10.7. The normalized spacial score (nSPS) is 12.0. The van der Waals surface area contributed by atoms with Gasteiger partial charge in [0.15, 0.2) is 0 Å². The number of allylic oxidation sites excluding steroid dienone is 2. The molecule has 20 heavy (non-hydrogen) atoms. The Labute approximate surface area is 115 Å². The van der Waals surface area contributed by atoms with Gasteiger partial charge in [-0.15, -0.1) is 0 Å². The van der Waals surface area contributed by atoms with Crippen LogP contribution in [0.2, 0.25) is 0 Å². The minimum atomic E-state index is -1.12. The maximum Gasteiger partial charge on any atom is 0.339 e. The van der Waals surface area contributed by atoms with Gasteiger partial charge in [0.05, 0.1) is 0 Å². The number of aromatic hydroxyl groups is 1. The molecule has 0 saturated carbocycles. The SMILES string of the molecule is C1=CNOC=C1.O=C(O)c1ccc2ccccc2c1O. The van der Waals surface area contributed by atoms with Gasteiger partial charge in [-0.25, -0.2) is 10.3 Å². The molecule has 1 heterocycles. The number of nitrogens with one attached hydrogen (secondary N) is 1. The number of phenols is 1. The van der Waals surface area contributed by atoms with Crippen LogP contribution in [0, 0.1) is 0 Å². The zero-order chi connectivity index (χ0) is 14.4. The third-order valence-corrected chi connectivity index (χ3v) is 2.62. The number of carbonyl (C=O) groups is 1. The summed E-state index contributed by atoms with van der Waals surface area (Å²) in [6.07, 6.45) is 6.93. The average Bonchev–Trinajstić information content (AvgIpc) is 2.50. The van der Waals surface area contributed by atoms with E-state index in [1.54, 1.807) is 36.7 Å². The van der Waals surface area contributed by atoms with E-state index in [1.165, 1.54) is 6.07 Å². The summed E-state index contributed by atoms with van der Waals surface area (Å²) in [6.45, 7) is 0. The van der Waals surface area contributed by atoms with Gasteiger partial charge in [0, 0.05) is 11.6 Å². The van der Waals surface area contributed by atoms with Crippen molar-refractivity contribution >= 4 is 16.7 Å². The number of hydrogen-bond acceptors (Lipinski definition) is 4. The molecule has 0 aliphatic carbocycles. The van der Waals surface area contributed by atoms with Crippen molar-refractivity contribution in [2.24, 2.45) is 0 Å². The topological polar surface area (TPSA) is 78.8 Å². The van der Waals surface area contributed by atoms with E-state index in [2.05, 4.69) is 10.3 Å². The fourth-order valence-corrected chi connectivity index (χ4v) is 1.69. The molecule has 0 unspecified atom stereocenters. The van der Waals surface area contributed by atoms with Crippen molar-refractivity contribution in [2.45, 2.75) is 0 Å². The first-order chi connectivity index (χ1) is 9.70. The Bertz CT molecular complexity index is 665. The molecule has 102 valence electrons. The summed E-state index contributed by atoms with van der Waals surface area (Å²) >= 11 is 0. The van der Waals surface area contributed by atoms with Gasteiger partial charge in [0.25, 0.3) is 0 Å². The van der Waals surface area contributed by atoms with Gasteiger partial charge in [0.1, 0.15) is 17.6 Å². The van der Waals surface area contributed by atoms with Crippen LogP contribution in [-0.4, -0.2) is 16.2 Å². The van der Waals surface area contributed by atoms with Crippen molar-refractivity contribution in [3.8, 4) is 5.75 Å². The molecule has 5 nitrogen and oxygen atoms in total. The first-order valence-electron chi connectivity index (χ1n) is 5.87. The van der Waals surface area contributed by atoms with Crippen molar-refractivity contribution in [3.05, 3.63) is 66.6 Å². The van der Waals surface area contributed by atoms with Gasteiger partial charge in [0.2, 0.25) is 0 Å². The van der Waals surface area contributed by atoms with Crippen LogP contribution in [0.25, 0.3) is 10.8 Å². The van der Waals surface area contributed by atoms with Crippen LogP contribution in [0.4, 0.5) is 0 Å². The molecule has 0 amide bonds. The molecule has 5 heteroatoms. The molecule has 0 saturated heterocycles. The molecule has 1 aliphatic heterocycles. The second-order valence-electron chi connectivity index (χ2n) is 3.91. The zero-order valence-electron chi connectivity index (χ0n) is 10.5. The Morgan fingerprint density at radius 1 is 1.10 bits per heavy atom. The molecular formula is C15H13NO4. The van der Waals surface area contributed by atoms with E-state index in [1.807, 2.05) is 18.2 Å². The lowest BCUT2D eigenvalue weighted by atomic mass is 10.1. The molecule has 0 radical (unpaired) electrons. The standard InChI is InChI=1S/C11H8O3.C4H5NO/c12-10-8-4-2-1-3-7(8)5-6-9(10)11(13)14;1-2-4-6-5-3-1/h1-6,12H,(H,13,14);1-5H. The minimum Gasteiger partial charge on any atom is -0.506 e. The number of hydrogen-bond donors (Lipinski definition) is 3. The number of carboxylic acid groups (broad SMARTS) is 1. The van der Waals surface area contributed by atoms with Crippen LogP contribution < -0.4 is 5.48 Å². The third kappa shape index (κ3) is 3.08. The highest BCUT2D eigenvalue weighted by Crippen LogP contribution is 2.28. The van der Waals surface area contributed by atoms with E-state index in [4.69, 9.17) is 5.11 Å². The molecule has 0 spiro atoms. The van der Waals surface area contributed by atoms with E-state index >= 15 is 0 Å². The van der Waals surface area contributed by atoms with Gasteiger partial charge in [-0.2, -0.15) is 0 Å². The lowest BCUT2D eigenvalue weighted by Crippen LogP contribution is -2.01. The average molecular weight is 271 g/mol. The first kappa shape index (κ1) is 13.5. The Balaban J connectivity index is 0.000000205. The van der Waals surface area contributed by atoms with Crippen molar-refractivity contribution < 1.29 is 19.8 Å². The highest BCUT2D eigenvalue weighted by molar-refractivity contribution is 6.00. The summed E-state index contributed by atoms with van der Waals surface area (Å²) in [5.41, 5.74) is 2.45. The summed E-state index contributed by atoms with van der Waals surface area (Å²) in [7, 11) is 0. The quantitative estimate of drug-likeness (QED) is 0.743. The molecule has 3 N–H and O–H groups in total. The zero-order valence-corrected chi connectivity index (χ0v) is 10.5. The highest BCUT2D eigenvalue weighted by Gasteiger charge is 2.11. The van der Waals surface area contributed by atoms with Crippen LogP contribution in [-0.2, 0) is 4.84 Å². The summed E-state index contributed by atoms with van der Waals surface area (Å²) in [5, 5.41) is 19.8. The smallest absolute Gasteiger partial charge is 0.339 e. The molecule has 2 aromatic rings. The number of rotatable bonds is 1. The number of hydroxylamine groups is 1. The predicted octanol–water partition coefficient (Wildman–Crippen LogP) is 2.79.